The first-order valence-corrected chi connectivity index (χ1v) is 7.03. The maximum absolute atomic E-state index is 12.1. The van der Waals surface area contributed by atoms with Crippen molar-refractivity contribution in [1.82, 2.24) is 0 Å². The van der Waals surface area contributed by atoms with E-state index in [2.05, 4.69) is 6.92 Å². The SMILES string of the molecule is CC1(O)CCC2C(C)(C)C(=O)CCC2(C)C1CO. The van der Waals surface area contributed by atoms with Gasteiger partial charge < -0.3 is 10.2 Å². The lowest BCUT2D eigenvalue weighted by Crippen LogP contribution is -2.60. The molecule has 4 atom stereocenters. The average Bonchev–Trinajstić information content (AvgIpc) is 2.23. The molecule has 0 radical (unpaired) electrons. The van der Waals surface area contributed by atoms with E-state index < -0.39 is 5.60 Å². The fourth-order valence-corrected chi connectivity index (χ4v) is 4.73. The molecule has 2 fully saturated rings. The van der Waals surface area contributed by atoms with Gasteiger partial charge in [0.2, 0.25) is 0 Å². The van der Waals surface area contributed by atoms with Gasteiger partial charge in [-0.3, -0.25) is 4.79 Å². The molecule has 0 saturated heterocycles. The smallest absolute Gasteiger partial charge is 0.138 e. The summed E-state index contributed by atoms with van der Waals surface area (Å²) in [6.07, 6.45) is 2.92. The van der Waals surface area contributed by atoms with Crippen LogP contribution in [-0.2, 0) is 4.79 Å². The molecule has 4 unspecified atom stereocenters. The summed E-state index contributed by atoms with van der Waals surface area (Å²) < 4.78 is 0. The van der Waals surface area contributed by atoms with Crippen LogP contribution in [0.3, 0.4) is 0 Å². The summed E-state index contributed by atoms with van der Waals surface area (Å²) in [4.78, 5) is 12.1. The van der Waals surface area contributed by atoms with Crippen molar-refractivity contribution < 1.29 is 15.0 Å². The van der Waals surface area contributed by atoms with Crippen molar-refractivity contribution >= 4 is 5.78 Å². The van der Waals surface area contributed by atoms with E-state index in [9.17, 15) is 15.0 Å². The number of fused-ring (bicyclic) bond motifs is 1. The Hall–Kier alpha value is -0.410. The van der Waals surface area contributed by atoms with Gasteiger partial charge in [0.25, 0.3) is 0 Å². The third-order valence-electron chi connectivity index (χ3n) is 5.95. The van der Waals surface area contributed by atoms with Crippen LogP contribution in [-0.4, -0.2) is 28.2 Å². The summed E-state index contributed by atoms with van der Waals surface area (Å²) in [7, 11) is 0. The Bertz CT molecular complexity index is 359. The van der Waals surface area contributed by atoms with Crippen molar-refractivity contribution in [2.45, 2.75) is 59.0 Å². The average molecular weight is 254 g/mol. The molecule has 0 amide bonds. The van der Waals surface area contributed by atoms with Crippen LogP contribution >= 0.6 is 0 Å². The normalized spacial score (nSPS) is 47.8. The number of carbonyl (C=O) groups excluding carboxylic acids is 1. The molecule has 0 bridgehead atoms. The van der Waals surface area contributed by atoms with Crippen LogP contribution in [0.1, 0.15) is 53.4 Å². The molecule has 18 heavy (non-hydrogen) atoms. The molecule has 0 spiro atoms. The van der Waals surface area contributed by atoms with Crippen LogP contribution in [0.5, 0.6) is 0 Å². The number of aliphatic hydroxyl groups excluding tert-OH is 1. The van der Waals surface area contributed by atoms with E-state index >= 15 is 0 Å². The first kappa shape index (κ1) is 14.0. The molecule has 3 nitrogen and oxygen atoms in total. The second kappa shape index (κ2) is 4.04. The lowest BCUT2D eigenvalue weighted by molar-refractivity contribution is -0.184. The van der Waals surface area contributed by atoms with Crippen molar-refractivity contribution in [2.24, 2.45) is 22.7 Å². The molecule has 2 rings (SSSR count). The summed E-state index contributed by atoms with van der Waals surface area (Å²) in [6, 6.07) is 0. The molecular weight excluding hydrogens is 228 g/mol. The van der Waals surface area contributed by atoms with E-state index in [1.54, 1.807) is 0 Å². The lowest BCUT2D eigenvalue weighted by Gasteiger charge is -2.60. The minimum atomic E-state index is -0.809. The Balaban J connectivity index is 2.42. The molecule has 2 aliphatic rings. The van der Waals surface area contributed by atoms with Crippen molar-refractivity contribution in [3.8, 4) is 0 Å². The highest BCUT2D eigenvalue weighted by molar-refractivity contribution is 5.85. The molecular formula is C15H26O3. The maximum Gasteiger partial charge on any atom is 0.138 e. The number of hydrogen-bond acceptors (Lipinski definition) is 3. The van der Waals surface area contributed by atoms with Gasteiger partial charge >= 0.3 is 0 Å². The highest BCUT2D eigenvalue weighted by Crippen LogP contribution is 2.60. The maximum atomic E-state index is 12.1. The minimum absolute atomic E-state index is 0.00424. The molecule has 2 saturated carbocycles. The Morgan fingerprint density at radius 3 is 2.39 bits per heavy atom. The summed E-state index contributed by atoms with van der Waals surface area (Å²) in [5, 5.41) is 20.3. The van der Waals surface area contributed by atoms with Gasteiger partial charge in [0.15, 0.2) is 0 Å². The topological polar surface area (TPSA) is 57.5 Å². The van der Waals surface area contributed by atoms with Crippen LogP contribution < -0.4 is 0 Å². The Morgan fingerprint density at radius 2 is 1.83 bits per heavy atom. The number of carbonyl (C=O) groups is 1. The first-order valence-electron chi connectivity index (χ1n) is 7.03. The standard InChI is InChI=1S/C15H26O3/c1-13(2)10-5-8-15(4,18)11(9-16)14(10,3)7-6-12(13)17/h10-11,16,18H,5-9H2,1-4H3. The number of hydrogen-bond donors (Lipinski definition) is 2. The summed E-state index contributed by atoms with van der Waals surface area (Å²) in [5.74, 6) is 0.475. The van der Waals surface area contributed by atoms with E-state index in [4.69, 9.17) is 0 Å². The van der Waals surface area contributed by atoms with Gasteiger partial charge in [0.1, 0.15) is 5.78 Å². The zero-order chi connectivity index (χ0) is 13.8. The van der Waals surface area contributed by atoms with Gasteiger partial charge in [-0.1, -0.05) is 20.8 Å². The Morgan fingerprint density at radius 1 is 1.22 bits per heavy atom. The fraction of sp³-hybridized carbons (Fsp3) is 0.933. The van der Waals surface area contributed by atoms with Crippen LogP contribution in [0.15, 0.2) is 0 Å². The molecule has 2 aliphatic carbocycles. The van der Waals surface area contributed by atoms with Gasteiger partial charge in [-0.2, -0.15) is 0 Å². The number of Topliss-reactive ketones (excluding diaryl/α,β-unsaturated/α-hetero) is 1. The van der Waals surface area contributed by atoms with Gasteiger partial charge in [0, 0.05) is 24.4 Å². The molecule has 3 heteroatoms. The van der Waals surface area contributed by atoms with E-state index in [1.807, 2.05) is 20.8 Å². The van der Waals surface area contributed by atoms with Crippen LogP contribution in [0, 0.1) is 22.7 Å². The summed E-state index contributed by atoms with van der Waals surface area (Å²) in [6.45, 7) is 8.06. The van der Waals surface area contributed by atoms with Crippen LogP contribution in [0.4, 0.5) is 0 Å². The Labute approximate surface area is 110 Å². The molecule has 0 aromatic heterocycles. The second-order valence-electron chi connectivity index (χ2n) is 7.33. The third kappa shape index (κ3) is 1.75. The van der Waals surface area contributed by atoms with Crippen molar-refractivity contribution in [2.75, 3.05) is 6.61 Å². The van der Waals surface area contributed by atoms with E-state index in [0.717, 1.165) is 12.8 Å². The quantitative estimate of drug-likeness (QED) is 0.754. The zero-order valence-electron chi connectivity index (χ0n) is 12.0. The molecule has 2 N–H and O–H groups in total. The second-order valence-corrected chi connectivity index (χ2v) is 7.33. The molecule has 0 aromatic rings. The van der Waals surface area contributed by atoms with E-state index in [1.165, 1.54) is 0 Å². The Kier molecular flexibility index (Phi) is 3.14. The van der Waals surface area contributed by atoms with Gasteiger partial charge in [0.05, 0.1) is 5.60 Å². The van der Waals surface area contributed by atoms with Crippen molar-refractivity contribution in [1.29, 1.82) is 0 Å². The van der Waals surface area contributed by atoms with Crippen molar-refractivity contribution in [3.63, 3.8) is 0 Å². The van der Waals surface area contributed by atoms with Crippen LogP contribution in [0.25, 0.3) is 0 Å². The first-order chi connectivity index (χ1) is 8.16. The fourth-order valence-electron chi connectivity index (χ4n) is 4.73. The highest BCUT2D eigenvalue weighted by Gasteiger charge is 2.60. The molecule has 0 heterocycles. The largest absolute Gasteiger partial charge is 0.396 e. The van der Waals surface area contributed by atoms with Gasteiger partial charge in [-0.25, -0.2) is 0 Å². The van der Waals surface area contributed by atoms with E-state index in [-0.39, 0.29) is 29.3 Å². The highest BCUT2D eigenvalue weighted by atomic mass is 16.3. The lowest BCUT2D eigenvalue weighted by atomic mass is 9.45. The zero-order valence-corrected chi connectivity index (χ0v) is 12.0. The minimum Gasteiger partial charge on any atom is -0.396 e. The monoisotopic (exact) mass is 254 g/mol. The molecule has 104 valence electrons. The van der Waals surface area contributed by atoms with Gasteiger partial charge in [-0.15, -0.1) is 0 Å². The number of rotatable bonds is 1. The predicted molar refractivity (Wildman–Crippen MR) is 70.1 cm³/mol. The molecule has 0 aliphatic heterocycles. The number of aliphatic hydroxyl groups is 2. The van der Waals surface area contributed by atoms with Gasteiger partial charge in [-0.05, 0) is 37.5 Å². The predicted octanol–water partition coefficient (Wildman–Crippen LogP) is 2.15. The number of ketones is 1. The molecule has 0 aromatic carbocycles. The summed E-state index contributed by atoms with van der Waals surface area (Å²) in [5.41, 5.74) is -1.26. The van der Waals surface area contributed by atoms with E-state index in [0.29, 0.717) is 18.6 Å². The van der Waals surface area contributed by atoms with Crippen LogP contribution in [0.2, 0.25) is 0 Å². The third-order valence-corrected chi connectivity index (χ3v) is 5.95. The van der Waals surface area contributed by atoms with Crippen molar-refractivity contribution in [3.05, 3.63) is 0 Å². The summed E-state index contributed by atoms with van der Waals surface area (Å²) >= 11 is 0.